The van der Waals surface area contributed by atoms with E-state index in [9.17, 15) is 14.4 Å². The number of thioether (sulfide) groups is 1. The van der Waals surface area contributed by atoms with E-state index in [1.807, 2.05) is 60.7 Å². The highest BCUT2D eigenvalue weighted by atomic mass is 32.2. The van der Waals surface area contributed by atoms with Gasteiger partial charge in [0.2, 0.25) is 5.91 Å². The average molecular weight is 564 g/mol. The summed E-state index contributed by atoms with van der Waals surface area (Å²) in [4.78, 5) is 41.0. The number of rotatable bonds is 9. The maximum Gasteiger partial charge on any atom is 0.255 e. The molecule has 1 heterocycles. The molecule has 40 heavy (non-hydrogen) atoms. The zero-order valence-electron chi connectivity index (χ0n) is 21.6. The Hall–Kier alpha value is -4.53. The maximum atomic E-state index is 12.6. The molecule has 0 aliphatic heterocycles. The summed E-state index contributed by atoms with van der Waals surface area (Å²) < 4.78 is 1.92. The van der Waals surface area contributed by atoms with Crippen molar-refractivity contribution in [3.8, 4) is 0 Å². The summed E-state index contributed by atoms with van der Waals surface area (Å²) in [6.45, 7) is 1.51. The molecule has 0 saturated carbocycles. The van der Waals surface area contributed by atoms with Crippen LogP contribution < -0.4 is 10.6 Å². The number of carbonyl (C=O) groups excluding carboxylic acids is 3. The number of benzene rings is 4. The number of fused-ring (bicyclic) bond motifs is 1. The lowest BCUT2D eigenvalue weighted by Gasteiger charge is -2.07. The van der Waals surface area contributed by atoms with Crippen molar-refractivity contribution in [2.24, 2.45) is 0 Å². The molecule has 0 radical (unpaired) electrons. The third-order valence-electron chi connectivity index (χ3n) is 5.99. The summed E-state index contributed by atoms with van der Waals surface area (Å²) >= 11 is 3.20. The second kappa shape index (κ2) is 12.5. The molecule has 0 spiro atoms. The minimum atomic E-state index is -0.209. The molecule has 0 fully saturated rings. The van der Waals surface area contributed by atoms with Gasteiger partial charge in [-0.25, -0.2) is 4.98 Å². The first kappa shape index (κ1) is 27.1. The van der Waals surface area contributed by atoms with Crippen molar-refractivity contribution in [3.63, 3.8) is 0 Å². The summed E-state index contributed by atoms with van der Waals surface area (Å²) in [5, 5.41) is 5.76. The number of nitrogens with zero attached hydrogens (tertiary/aromatic N) is 1. The Bertz CT molecular complexity index is 1690. The Morgan fingerprint density at radius 2 is 1.52 bits per heavy atom. The molecule has 5 aromatic rings. The van der Waals surface area contributed by atoms with Gasteiger partial charge in [0, 0.05) is 34.3 Å². The summed E-state index contributed by atoms with van der Waals surface area (Å²) in [5.74, 6) is 0.297. The van der Waals surface area contributed by atoms with Crippen molar-refractivity contribution in [1.82, 2.24) is 4.98 Å². The molecule has 5 rings (SSSR count). The molecule has 2 amide bonds. The monoisotopic (exact) mass is 563 g/mol. The molecular formula is C32H25N3O3S2. The van der Waals surface area contributed by atoms with E-state index in [0.29, 0.717) is 22.6 Å². The predicted molar refractivity (Wildman–Crippen MR) is 164 cm³/mol. The smallest absolute Gasteiger partial charge is 0.255 e. The van der Waals surface area contributed by atoms with Crippen LogP contribution in [0.5, 0.6) is 0 Å². The van der Waals surface area contributed by atoms with Crippen LogP contribution in [0.4, 0.5) is 11.4 Å². The third kappa shape index (κ3) is 7.11. The molecule has 6 nitrogen and oxygen atoms in total. The summed E-state index contributed by atoms with van der Waals surface area (Å²) in [5.41, 5.74) is 5.44. The van der Waals surface area contributed by atoms with Crippen LogP contribution in [-0.4, -0.2) is 22.6 Å². The van der Waals surface area contributed by atoms with E-state index in [1.54, 1.807) is 65.6 Å². The van der Waals surface area contributed by atoms with Crippen LogP contribution in [-0.2, 0) is 10.5 Å². The van der Waals surface area contributed by atoms with Crippen molar-refractivity contribution < 1.29 is 14.4 Å². The summed E-state index contributed by atoms with van der Waals surface area (Å²) in [6, 6.07) is 29.7. The molecule has 0 bridgehead atoms. The Labute approximate surface area is 240 Å². The van der Waals surface area contributed by atoms with Gasteiger partial charge in [0.1, 0.15) is 0 Å². The van der Waals surface area contributed by atoms with E-state index >= 15 is 0 Å². The molecule has 0 atom stereocenters. The summed E-state index contributed by atoms with van der Waals surface area (Å²) in [6.07, 6.45) is 3.30. The first-order valence-corrected chi connectivity index (χ1v) is 14.3. The second-order valence-corrected chi connectivity index (χ2v) is 11.2. The quantitative estimate of drug-likeness (QED) is 0.109. The Balaban J connectivity index is 1.15. The van der Waals surface area contributed by atoms with Gasteiger partial charge in [0.25, 0.3) is 5.91 Å². The highest BCUT2D eigenvalue weighted by Gasteiger charge is 2.10. The van der Waals surface area contributed by atoms with Crippen LogP contribution in [0.1, 0.15) is 38.8 Å². The van der Waals surface area contributed by atoms with Crippen LogP contribution in [0.3, 0.4) is 0 Å². The first-order valence-electron chi connectivity index (χ1n) is 12.5. The van der Waals surface area contributed by atoms with E-state index in [2.05, 4.69) is 10.6 Å². The molecule has 198 valence electrons. The largest absolute Gasteiger partial charge is 0.322 e. The minimum absolute atomic E-state index is 0.0155. The van der Waals surface area contributed by atoms with Gasteiger partial charge in [-0.2, -0.15) is 0 Å². The summed E-state index contributed by atoms with van der Waals surface area (Å²) in [7, 11) is 0. The molecule has 0 saturated heterocycles. The van der Waals surface area contributed by atoms with Crippen molar-refractivity contribution in [3.05, 3.63) is 125 Å². The second-order valence-electron chi connectivity index (χ2n) is 8.97. The van der Waals surface area contributed by atoms with Gasteiger partial charge in [0.15, 0.2) is 10.1 Å². The number of anilines is 2. The fourth-order valence-electron chi connectivity index (χ4n) is 3.85. The minimum Gasteiger partial charge on any atom is -0.322 e. The van der Waals surface area contributed by atoms with Gasteiger partial charge in [-0.15, -0.1) is 11.3 Å². The Morgan fingerprint density at radius 1 is 0.825 bits per heavy atom. The number of carbonyl (C=O) groups is 3. The number of thiazole rings is 1. The van der Waals surface area contributed by atoms with E-state index in [-0.39, 0.29) is 17.6 Å². The zero-order valence-corrected chi connectivity index (χ0v) is 23.2. The number of nitrogens with one attached hydrogen (secondary N) is 2. The molecule has 0 unspecified atom stereocenters. The van der Waals surface area contributed by atoms with Crippen molar-refractivity contribution in [2.75, 3.05) is 10.6 Å². The van der Waals surface area contributed by atoms with Crippen LogP contribution in [0.15, 0.2) is 107 Å². The van der Waals surface area contributed by atoms with Crippen molar-refractivity contribution in [1.29, 1.82) is 0 Å². The van der Waals surface area contributed by atoms with Gasteiger partial charge in [0.05, 0.1) is 10.2 Å². The topological polar surface area (TPSA) is 88.2 Å². The molecule has 4 aromatic carbocycles. The van der Waals surface area contributed by atoms with Crippen LogP contribution >= 0.6 is 23.1 Å². The standard InChI is InChI=1S/C32H25N3O3S2/c1-21(36)24-12-14-26(15-13-24)34-31(38)25-10-7-23(8-11-25)20-39-32-35-28-17-16-27(19-29(28)40-32)33-30(37)18-9-22-5-3-2-4-6-22/h2-19H,20H2,1H3,(H,33,37)(H,34,38). The average Bonchev–Trinajstić information content (AvgIpc) is 3.38. The van der Waals surface area contributed by atoms with Gasteiger partial charge in [-0.1, -0.05) is 54.2 Å². The lowest BCUT2D eigenvalue weighted by Crippen LogP contribution is -2.11. The van der Waals surface area contributed by atoms with E-state index in [1.165, 1.54) is 13.0 Å². The fourth-order valence-corrected chi connectivity index (χ4v) is 5.92. The number of hydrogen-bond donors (Lipinski definition) is 2. The van der Waals surface area contributed by atoms with Crippen LogP contribution in [0.2, 0.25) is 0 Å². The molecular weight excluding hydrogens is 539 g/mol. The molecule has 0 aliphatic carbocycles. The van der Waals surface area contributed by atoms with Gasteiger partial charge in [-0.3, -0.25) is 14.4 Å². The number of Topliss-reactive ketones (excluding diaryl/α,β-unsaturated/α-hetero) is 1. The van der Waals surface area contributed by atoms with Crippen LogP contribution in [0, 0.1) is 0 Å². The fraction of sp³-hybridized carbons (Fsp3) is 0.0625. The molecule has 0 aliphatic rings. The van der Waals surface area contributed by atoms with Crippen molar-refractivity contribution in [2.45, 2.75) is 17.0 Å². The highest BCUT2D eigenvalue weighted by molar-refractivity contribution is 8.00. The number of aromatic nitrogens is 1. The SMILES string of the molecule is CC(=O)c1ccc(NC(=O)c2ccc(CSc3nc4ccc(NC(=O)C=Cc5ccccc5)cc4s3)cc2)cc1. The lowest BCUT2D eigenvalue weighted by atomic mass is 10.1. The highest BCUT2D eigenvalue weighted by Crippen LogP contribution is 2.33. The predicted octanol–water partition coefficient (Wildman–Crippen LogP) is 7.70. The van der Waals surface area contributed by atoms with E-state index < -0.39 is 0 Å². The molecule has 2 N–H and O–H groups in total. The van der Waals surface area contributed by atoms with E-state index in [0.717, 1.165) is 31.4 Å². The maximum absolute atomic E-state index is 12.6. The lowest BCUT2D eigenvalue weighted by molar-refractivity contribution is -0.111. The molecule has 8 heteroatoms. The van der Waals surface area contributed by atoms with Crippen LogP contribution in [0.25, 0.3) is 16.3 Å². The first-order chi connectivity index (χ1) is 19.4. The normalized spacial score (nSPS) is 11.0. The van der Waals surface area contributed by atoms with Gasteiger partial charge in [-0.05, 0) is 78.7 Å². The van der Waals surface area contributed by atoms with Crippen molar-refractivity contribution >= 4 is 68.4 Å². The number of ketones is 1. The zero-order chi connectivity index (χ0) is 27.9. The third-order valence-corrected chi connectivity index (χ3v) is 8.22. The number of amides is 2. The number of hydrogen-bond acceptors (Lipinski definition) is 6. The Morgan fingerprint density at radius 3 is 2.25 bits per heavy atom. The Kier molecular flexibility index (Phi) is 8.49. The van der Waals surface area contributed by atoms with Gasteiger partial charge < -0.3 is 10.6 Å². The molecule has 1 aromatic heterocycles. The van der Waals surface area contributed by atoms with Gasteiger partial charge >= 0.3 is 0 Å². The van der Waals surface area contributed by atoms with E-state index in [4.69, 9.17) is 4.98 Å².